The average molecular weight is 378 g/mol. The summed E-state index contributed by atoms with van der Waals surface area (Å²) in [6.07, 6.45) is 0.762. The number of Topliss-reactive ketones (excluding diaryl/α,β-unsaturated/α-hetero) is 1. The number of carbonyl (C=O) groups excluding carboxylic acids is 3. The second kappa shape index (κ2) is 7.56. The first-order valence-electron chi connectivity index (χ1n) is 8.91. The van der Waals surface area contributed by atoms with Gasteiger partial charge in [0.1, 0.15) is 0 Å². The average Bonchev–Trinajstić information content (AvgIpc) is 3.30. The molecule has 1 N–H and O–H groups in total. The molecular formula is C21H18N2O5. The number of benzene rings is 2. The van der Waals surface area contributed by atoms with Crippen molar-refractivity contribution in [3.8, 4) is 0 Å². The Balaban J connectivity index is 1.43. The van der Waals surface area contributed by atoms with Crippen molar-refractivity contribution in [1.29, 1.82) is 0 Å². The van der Waals surface area contributed by atoms with Crippen molar-refractivity contribution >= 4 is 29.0 Å². The molecule has 7 heteroatoms. The van der Waals surface area contributed by atoms with Crippen molar-refractivity contribution in [1.82, 2.24) is 0 Å². The molecule has 0 saturated carbocycles. The summed E-state index contributed by atoms with van der Waals surface area (Å²) >= 11 is 0. The van der Waals surface area contributed by atoms with Crippen LogP contribution in [0.25, 0.3) is 0 Å². The lowest BCUT2D eigenvalue weighted by molar-refractivity contribution is -0.144. The zero-order chi connectivity index (χ0) is 19.5. The van der Waals surface area contributed by atoms with Crippen LogP contribution in [0, 0.1) is 0 Å². The molecule has 2 aliphatic rings. The highest BCUT2D eigenvalue weighted by molar-refractivity contribution is 6.20. The summed E-state index contributed by atoms with van der Waals surface area (Å²) in [6, 6.07) is 16.6. The highest BCUT2D eigenvalue weighted by Crippen LogP contribution is 2.27. The molecule has 0 bridgehead atoms. The molecule has 2 heterocycles. The lowest BCUT2D eigenvalue weighted by Gasteiger charge is -2.17. The summed E-state index contributed by atoms with van der Waals surface area (Å²) in [4.78, 5) is 38.6. The number of amides is 1. The summed E-state index contributed by atoms with van der Waals surface area (Å²) < 4.78 is 10.4. The molecule has 0 atom stereocenters. The van der Waals surface area contributed by atoms with E-state index in [4.69, 9.17) is 9.47 Å². The highest BCUT2D eigenvalue weighted by Gasteiger charge is 2.33. The van der Waals surface area contributed by atoms with Crippen LogP contribution in [-0.2, 0) is 30.3 Å². The lowest BCUT2D eigenvalue weighted by atomic mass is 10.2. The van der Waals surface area contributed by atoms with Gasteiger partial charge in [-0.2, -0.15) is 0 Å². The fourth-order valence-electron chi connectivity index (χ4n) is 3.24. The summed E-state index contributed by atoms with van der Waals surface area (Å²) in [5, 5.41) is 2.90. The molecule has 1 amide bonds. The van der Waals surface area contributed by atoms with Crippen LogP contribution in [0.4, 0.5) is 11.4 Å². The van der Waals surface area contributed by atoms with Crippen molar-refractivity contribution in [2.45, 2.75) is 6.42 Å². The second-order valence-corrected chi connectivity index (χ2v) is 6.41. The third-order valence-electron chi connectivity index (χ3n) is 4.60. The van der Waals surface area contributed by atoms with Gasteiger partial charge in [-0.15, -0.1) is 0 Å². The molecule has 0 aromatic heterocycles. The molecule has 0 saturated heterocycles. The number of para-hydroxylation sites is 2. The van der Waals surface area contributed by atoms with Gasteiger partial charge < -0.3 is 19.7 Å². The maximum atomic E-state index is 12.5. The molecule has 2 aliphatic heterocycles. The number of hydrogen-bond acceptors (Lipinski definition) is 6. The molecule has 142 valence electrons. The van der Waals surface area contributed by atoms with Gasteiger partial charge in [-0.25, -0.2) is 4.79 Å². The SMILES string of the molecule is O=C1COC(Nc2ccccc2)=C1C(=O)OCC(=O)N1CCc2ccccc21. The van der Waals surface area contributed by atoms with E-state index in [-0.39, 0.29) is 24.0 Å². The van der Waals surface area contributed by atoms with Gasteiger partial charge in [0.25, 0.3) is 5.91 Å². The number of ketones is 1. The minimum absolute atomic E-state index is 0.0418. The van der Waals surface area contributed by atoms with E-state index in [0.717, 1.165) is 17.7 Å². The standard InChI is InChI=1S/C21H18N2O5/c24-17-12-27-20(22-15-7-2-1-3-8-15)19(17)21(26)28-13-18(25)23-11-10-14-6-4-5-9-16(14)23/h1-9,22H,10-13H2. The number of rotatable bonds is 5. The Labute approximate surface area is 161 Å². The van der Waals surface area contributed by atoms with Crippen molar-refractivity contribution in [2.75, 3.05) is 30.0 Å². The first-order valence-corrected chi connectivity index (χ1v) is 8.91. The summed E-state index contributed by atoms with van der Waals surface area (Å²) in [5.74, 6) is -1.65. The van der Waals surface area contributed by atoms with Crippen LogP contribution in [0.5, 0.6) is 0 Å². The Morgan fingerprint density at radius 3 is 2.64 bits per heavy atom. The summed E-state index contributed by atoms with van der Waals surface area (Å²) in [6.45, 7) is -0.142. The van der Waals surface area contributed by atoms with Crippen LogP contribution in [0.15, 0.2) is 66.1 Å². The van der Waals surface area contributed by atoms with E-state index < -0.39 is 18.4 Å². The largest absolute Gasteiger partial charge is 0.470 e. The second-order valence-electron chi connectivity index (χ2n) is 6.41. The smallest absolute Gasteiger partial charge is 0.347 e. The molecule has 0 unspecified atom stereocenters. The minimum Gasteiger partial charge on any atom is -0.470 e. The Morgan fingerprint density at radius 1 is 1.07 bits per heavy atom. The van der Waals surface area contributed by atoms with Crippen molar-refractivity contribution in [3.63, 3.8) is 0 Å². The van der Waals surface area contributed by atoms with E-state index in [1.54, 1.807) is 17.0 Å². The molecule has 28 heavy (non-hydrogen) atoms. The first kappa shape index (κ1) is 17.8. The monoisotopic (exact) mass is 378 g/mol. The van der Waals surface area contributed by atoms with Crippen LogP contribution in [-0.4, -0.2) is 37.4 Å². The van der Waals surface area contributed by atoms with Crippen LogP contribution < -0.4 is 10.2 Å². The van der Waals surface area contributed by atoms with E-state index >= 15 is 0 Å². The zero-order valence-corrected chi connectivity index (χ0v) is 15.0. The van der Waals surface area contributed by atoms with E-state index in [2.05, 4.69) is 5.32 Å². The molecule has 0 fully saturated rings. The lowest BCUT2D eigenvalue weighted by Crippen LogP contribution is -2.33. The van der Waals surface area contributed by atoms with Crippen molar-refractivity contribution in [2.24, 2.45) is 0 Å². The number of nitrogens with zero attached hydrogens (tertiary/aromatic N) is 1. The molecule has 2 aromatic rings. The number of fused-ring (bicyclic) bond motifs is 1. The van der Waals surface area contributed by atoms with Gasteiger partial charge in [0.15, 0.2) is 18.8 Å². The van der Waals surface area contributed by atoms with E-state index in [9.17, 15) is 14.4 Å². The predicted molar refractivity (Wildman–Crippen MR) is 102 cm³/mol. The number of esters is 1. The van der Waals surface area contributed by atoms with Crippen LogP contribution in [0.2, 0.25) is 0 Å². The van der Waals surface area contributed by atoms with Gasteiger partial charge in [-0.05, 0) is 30.2 Å². The summed E-state index contributed by atoms with van der Waals surface area (Å²) in [7, 11) is 0. The van der Waals surface area contributed by atoms with Gasteiger partial charge in [-0.1, -0.05) is 36.4 Å². The summed E-state index contributed by atoms with van der Waals surface area (Å²) in [5.41, 5.74) is 2.37. The van der Waals surface area contributed by atoms with Gasteiger partial charge in [0, 0.05) is 17.9 Å². The van der Waals surface area contributed by atoms with Crippen molar-refractivity contribution in [3.05, 3.63) is 71.6 Å². The Morgan fingerprint density at radius 2 is 1.82 bits per heavy atom. The van der Waals surface area contributed by atoms with E-state index in [1.807, 2.05) is 42.5 Å². The number of anilines is 2. The number of hydrogen-bond donors (Lipinski definition) is 1. The predicted octanol–water partition coefficient (Wildman–Crippen LogP) is 2.04. The van der Waals surface area contributed by atoms with Gasteiger partial charge in [0.05, 0.1) is 0 Å². The quantitative estimate of drug-likeness (QED) is 0.633. The van der Waals surface area contributed by atoms with Crippen LogP contribution in [0.3, 0.4) is 0 Å². The van der Waals surface area contributed by atoms with Crippen molar-refractivity contribution < 1.29 is 23.9 Å². The third-order valence-corrected chi connectivity index (χ3v) is 4.60. The molecule has 4 rings (SSSR count). The van der Waals surface area contributed by atoms with E-state index in [1.165, 1.54) is 0 Å². The van der Waals surface area contributed by atoms with E-state index in [0.29, 0.717) is 12.2 Å². The first-order chi connectivity index (χ1) is 13.6. The zero-order valence-electron chi connectivity index (χ0n) is 15.0. The fraction of sp³-hybridized carbons (Fsp3) is 0.190. The normalized spacial score (nSPS) is 15.3. The molecule has 0 spiro atoms. The molecule has 0 aliphatic carbocycles. The maximum Gasteiger partial charge on any atom is 0.347 e. The fourth-order valence-corrected chi connectivity index (χ4v) is 3.24. The highest BCUT2D eigenvalue weighted by atomic mass is 16.5. The minimum atomic E-state index is -0.873. The molecule has 7 nitrogen and oxygen atoms in total. The molecule has 2 aromatic carbocycles. The molecule has 0 radical (unpaired) electrons. The van der Waals surface area contributed by atoms with Crippen LogP contribution in [0.1, 0.15) is 5.56 Å². The Bertz CT molecular complexity index is 968. The van der Waals surface area contributed by atoms with Crippen LogP contribution >= 0.6 is 0 Å². The Kier molecular flexibility index (Phi) is 4.80. The number of nitrogens with one attached hydrogen (secondary N) is 1. The number of ether oxygens (including phenoxy) is 2. The third kappa shape index (κ3) is 3.46. The Hall–Kier alpha value is -3.61. The maximum absolute atomic E-state index is 12.5. The van der Waals surface area contributed by atoms with Gasteiger partial charge in [-0.3, -0.25) is 9.59 Å². The van der Waals surface area contributed by atoms with Gasteiger partial charge in [0.2, 0.25) is 11.7 Å². The number of carbonyl (C=O) groups is 3. The van der Waals surface area contributed by atoms with Gasteiger partial charge >= 0.3 is 5.97 Å². The topological polar surface area (TPSA) is 84.9 Å². The molecular weight excluding hydrogens is 360 g/mol.